The highest BCUT2D eigenvalue weighted by Crippen LogP contribution is 2.29. The molecule has 0 saturated carbocycles. The summed E-state index contributed by atoms with van der Waals surface area (Å²) in [5.41, 5.74) is 0.601. The fraction of sp³-hybridized carbons (Fsp3) is 0.370. The Morgan fingerprint density at radius 1 is 0.750 bits per heavy atom. The first-order valence-corrected chi connectivity index (χ1v) is 12.6. The van der Waals surface area contributed by atoms with Crippen molar-refractivity contribution in [3.8, 4) is 11.5 Å². The van der Waals surface area contributed by atoms with Gasteiger partial charge in [-0.2, -0.15) is 0 Å². The van der Waals surface area contributed by atoms with Crippen LogP contribution in [0.3, 0.4) is 0 Å². The number of rotatable bonds is 9. The second-order valence-corrected chi connectivity index (χ2v) is 9.07. The van der Waals surface area contributed by atoms with Crippen LogP contribution in [0.2, 0.25) is 0 Å². The van der Waals surface area contributed by atoms with Crippen LogP contribution in [0.4, 0.5) is 5.69 Å². The highest BCUT2D eigenvalue weighted by molar-refractivity contribution is 7.80. The monoisotopic (exact) mass is 574 g/mol. The highest BCUT2D eigenvalue weighted by Gasteiger charge is 2.52. The summed E-state index contributed by atoms with van der Waals surface area (Å²) in [4.78, 5) is 47.3. The van der Waals surface area contributed by atoms with E-state index in [1.165, 1.54) is 6.92 Å². The molecular weight excluding hydrogens is 544 g/mol. The molecule has 1 heterocycles. The van der Waals surface area contributed by atoms with E-state index in [0.29, 0.717) is 17.2 Å². The number of hydrogen-bond acceptors (Lipinski definition) is 11. The summed E-state index contributed by atoms with van der Waals surface area (Å²) in [5.74, 6) is -1.49. The van der Waals surface area contributed by atoms with E-state index in [2.05, 4.69) is 10.6 Å². The van der Waals surface area contributed by atoms with Gasteiger partial charge in [-0.05, 0) is 48.6 Å². The smallest absolute Gasteiger partial charge is 0.303 e. The minimum atomic E-state index is -1.31. The van der Waals surface area contributed by atoms with Crippen LogP contribution in [0.1, 0.15) is 27.7 Å². The van der Waals surface area contributed by atoms with Gasteiger partial charge in [-0.25, -0.2) is 0 Å². The van der Waals surface area contributed by atoms with E-state index in [1.807, 2.05) is 30.3 Å². The summed E-state index contributed by atoms with van der Waals surface area (Å²) >= 11 is 5.44. The largest absolute Gasteiger partial charge is 0.463 e. The lowest BCUT2D eigenvalue weighted by Gasteiger charge is -2.44. The van der Waals surface area contributed by atoms with Gasteiger partial charge in [-0.1, -0.05) is 18.2 Å². The topological polar surface area (TPSA) is 148 Å². The van der Waals surface area contributed by atoms with Crippen molar-refractivity contribution in [2.75, 3.05) is 11.9 Å². The highest BCUT2D eigenvalue weighted by atomic mass is 32.1. The summed E-state index contributed by atoms with van der Waals surface area (Å²) in [6.07, 6.45) is -6.16. The molecule has 0 amide bonds. The van der Waals surface area contributed by atoms with Crippen molar-refractivity contribution < 1.29 is 47.6 Å². The number of para-hydroxylation sites is 1. The van der Waals surface area contributed by atoms with Gasteiger partial charge >= 0.3 is 23.9 Å². The van der Waals surface area contributed by atoms with E-state index in [4.69, 9.17) is 40.6 Å². The van der Waals surface area contributed by atoms with Gasteiger partial charge in [0.15, 0.2) is 29.7 Å². The number of nitrogens with one attached hydrogen (secondary N) is 2. The van der Waals surface area contributed by atoms with Crippen molar-refractivity contribution in [1.82, 2.24) is 5.32 Å². The second kappa shape index (κ2) is 14.2. The van der Waals surface area contributed by atoms with E-state index >= 15 is 0 Å². The predicted molar refractivity (Wildman–Crippen MR) is 144 cm³/mol. The number of hydrogen-bond donors (Lipinski definition) is 2. The average molecular weight is 575 g/mol. The maximum atomic E-state index is 12.0. The van der Waals surface area contributed by atoms with Crippen molar-refractivity contribution in [2.45, 2.75) is 58.3 Å². The molecule has 1 fully saturated rings. The van der Waals surface area contributed by atoms with Gasteiger partial charge in [0.05, 0.1) is 0 Å². The lowest BCUT2D eigenvalue weighted by Crippen LogP contribution is -2.66. The first kappa shape index (κ1) is 30.3. The molecule has 0 aliphatic carbocycles. The van der Waals surface area contributed by atoms with Gasteiger partial charge in [0, 0.05) is 33.4 Å². The molecule has 1 saturated heterocycles. The summed E-state index contributed by atoms with van der Waals surface area (Å²) in [6.45, 7) is 4.29. The molecule has 0 aromatic heterocycles. The van der Waals surface area contributed by atoms with Crippen LogP contribution in [-0.4, -0.2) is 66.2 Å². The summed E-state index contributed by atoms with van der Waals surface area (Å²) < 4.78 is 33.0. The molecule has 0 spiro atoms. The zero-order chi connectivity index (χ0) is 29.2. The predicted octanol–water partition coefficient (Wildman–Crippen LogP) is 2.85. The van der Waals surface area contributed by atoms with Crippen molar-refractivity contribution in [3.05, 3.63) is 54.6 Å². The van der Waals surface area contributed by atoms with Crippen LogP contribution in [0, 0.1) is 0 Å². The molecule has 1 aliphatic heterocycles. The molecule has 5 atom stereocenters. The van der Waals surface area contributed by atoms with E-state index in [1.54, 1.807) is 24.3 Å². The number of carbonyl (C=O) groups excluding carboxylic acids is 4. The number of carbonyl (C=O) groups is 4. The molecule has 0 unspecified atom stereocenters. The van der Waals surface area contributed by atoms with E-state index in [0.717, 1.165) is 20.8 Å². The Balaban J connectivity index is 1.79. The van der Waals surface area contributed by atoms with Gasteiger partial charge in [-0.15, -0.1) is 0 Å². The first-order valence-electron chi connectivity index (χ1n) is 12.2. The number of anilines is 1. The number of benzene rings is 2. The third-order valence-corrected chi connectivity index (χ3v) is 5.58. The fourth-order valence-electron chi connectivity index (χ4n) is 3.87. The number of ether oxygens (including phenoxy) is 6. The van der Waals surface area contributed by atoms with Gasteiger partial charge in [0.2, 0.25) is 0 Å². The maximum Gasteiger partial charge on any atom is 0.303 e. The van der Waals surface area contributed by atoms with Crippen LogP contribution < -0.4 is 15.4 Å². The summed E-state index contributed by atoms with van der Waals surface area (Å²) in [6, 6.07) is 16.2. The van der Waals surface area contributed by atoms with Gasteiger partial charge in [0.25, 0.3) is 0 Å². The quantitative estimate of drug-likeness (QED) is 0.257. The second-order valence-electron chi connectivity index (χ2n) is 8.66. The summed E-state index contributed by atoms with van der Waals surface area (Å²) in [5, 5.41) is 5.94. The number of esters is 4. The van der Waals surface area contributed by atoms with Crippen LogP contribution in [-0.2, 0) is 42.9 Å². The molecule has 0 bridgehead atoms. The zero-order valence-electron chi connectivity index (χ0n) is 22.3. The average Bonchev–Trinajstić information content (AvgIpc) is 2.87. The van der Waals surface area contributed by atoms with E-state index in [-0.39, 0.29) is 11.7 Å². The van der Waals surface area contributed by atoms with Gasteiger partial charge in [0.1, 0.15) is 24.2 Å². The molecule has 214 valence electrons. The summed E-state index contributed by atoms with van der Waals surface area (Å²) in [7, 11) is 0. The van der Waals surface area contributed by atoms with Crippen molar-refractivity contribution in [1.29, 1.82) is 0 Å². The molecule has 0 radical (unpaired) electrons. The van der Waals surface area contributed by atoms with Crippen molar-refractivity contribution >= 4 is 46.9 Å². The molecule has 3 rings (SSSR count). The molecule has 13 heteroatoms. The zero-order valence-corrected chi connectivity index (χ0v) is 23.1. The normalized spacial score (nSPS) is 21.8. The molecule has 2 aromatic carbocycles. The van der Waals surface area contributed by atoms with Crippen LogP contribution in [0.25, 0.3) is 0 Å². The van der Waals surface area contributed by atoms with Crippen LogP contribution >= 0.6 is 12.2 Å². The lowest BCUT2D eigenvalue weighted by molar-refractivity contribution is -0.254. The third kappa shape index (κ3) is 9.20. The number of thiocarbonyl (C=S) groups is 1. The first-order chi connectivity index (χ1) is 19.0. The van der Waals surface area contributed by atoms with Gasteiger partial charge < -0.3 is 39.1 Å². The Hall–Kier alpha value is -4.23. The van der Waals surface area contributed by atoms with Crippen LogP contribution in [0.5, 0.6) is 11.5 Å². The molecule has 1 aliphatic rings. The molecule has 2 aromatic rings. The standard InChI is InChI=1S/C27H30N2O10S/c1-15(30)34-14-22-23(35-16(2)31)24(36-17(3)32)25(37-18(4)33)26(39-22)29-27(40)28-19-10-12-21(13-11-19)38-20-8-6-5-7-9-20/h5-13,22-26H,14H2,1-4H3,(H2,28,29,40)/t22-,23-,24+,25+,26-/m1/s1. The Kier molecular flexibility index (Phi) is 10.8. The third-order valence-electron chi connectivity index (χ3n) is 5.36. The SMILES string of the molecule is CC(=O)OC[C@H]1O[C@@H](NC(=S)Nc2ccc(Oc3ccccc3)cc2)[C@@H](OC(C)=O)[C@@H](OC(C)=O)[C@@H]1OC(C)=O. The molecule has 2 N–H and O–H groups in total. The van der Waals surface area contributed by atoms with Crippen LogP contribution in [0.15, 0.2) is 54.6 Å². The lowest BCUT2D eigenvalue weighted by atomic mass is 9.97. The Bertz CT molecular complexity index is 1210. The van der Waals surface area contributed by atoms with Gasteiger partial charge in [-0.3, -0.25) is 19.2 Å². The maximum absolute atomic E-state index is 12.0. The Morgan fingerprint density at radius 3 is 1.88 bits per heavy atom. The van der Waals surface area contributed by atoms with Crippen molar-refractivity contribution in [2.24, 2.45) is 0 Å². The molecule has 12 nitrogen and oxygen atoms in total. The van der Waals surface area contributed by atoms with E-state index < -0.39 is 54.5 Å². The Labute approximate surface area is 236 Å². The minimum Gasteiger partial charge on any atom is -0.463 e. The van der Waals surface area contributed by atoms with E-state index in [9.17, 15) is 19.2 Å². The Morgan fingerprint density at radius 2 is 1.30 bits per heavy atom. The minimum absolute atomic E-state index is 0.0672. The fourth-order valence-corrected chi connectivity index (χ4v) is 4.11. The molecular formula is C27H30N2O10S. The van der Waals surface area contributed by atoms with Crippen molar-refractivity contribution in [3.63, 3.8) is 0 Å². The molecule has 40 heavy (non-hydrogen) atoms.